The predicted octanol–water partition coefficient (Wildman–Crippen LogP) is 3.21. The Kier molecular flexibility index (Phi) is 3.40. The molecule has 0 radical (unpaired) electrons. The molecule has 1 aliphatic rings. The summed E-state index contributed by atoms with van der Waals surface area (Å²) in [7, 11) is 0. The Morgan fingerprint density at radius 1 is 1.42 bits per heavy atom. The van der Waals surface area contributed by atoms with Gasteiger partial charge >= 0.3 is 5.76 Å². The van der Waals surface area contributed by atoms with E-state index < -0.39 is 0 Å². The molecule has 0 bridgehead atoms. The molecule has 4 nitrogen and oxygen atoms in total. The Bertz CT molecular complexity index is 608. The van der Waals surface area contributed by atoms with Crippen LogP contribution < -0.4 is 5.76 Å². The van der Waals surface area contributed by atoms with E-state index in [1.54, 1.807) is 22.9 Å². The maximum absolute atomic E-state index is 11.9. The quantitative estimate of drug-likeness (QED) is 0.851. The molecular weight excluding hydrogens is 240 g/mol. The lowest BCUT2D eigenvalue weighted by Gasteiger charge is -2.27. The van der Waals surface area contributed by atoms with Gasteiger partial charge in [-0.3, -0.25) is 4.57 Å². The van der Waals surface area contributed by atoms with Gasteiger partial charge in [0.1, 0.15) is 0 Å². The lowest BCUT2D eigenvalue weighted by molar-refractivity contribution is 0.238. The molecule has 1 fully saturated rings. The van der Waals surface area contributed by atoms with Gasteiger partial charge in [-0.1, -0.05) is 39.0 Å². The zero-order valence-electron chi connectivity index (χ0n) is 11.3. The first-order valence-electron chi connectivity index (χ1n) is 7.20. The fraction of sp³-hybridized carbons (Fsp3) is 0.600. The Morgan fingerprint density at radius 3 is 3.00 bits per heavy atom. The SMILES string of the molecule is CC(Cn1c(=O)oc2cccnc21)C1CCCCC1. The monoisotopic (exact) mass is 260 g/mol. The second kappa shape index (κ2) is 5.19. The number of fused-ring (bicyclic) bond motifs is 1. The summed E-state index contributed by atoms with van der Waals surface area (Å²) in [6, 6.07) is 3.59. The van der Waals surface area contributed by atoms with Gasteiger partial charge in [0.15, 0.2) is 11.2 Å². The van der Waals surface area contributed by atoms with Crippen molar-refractivity contribution in [2.45, 2.75) is 45.6 Å². The van der Waals surface area contributed by atoms with Crippen LogP contribution >= 0.6 is 0 Å². The first kappa shape index (κ1) is 12.5. The minimum Gasteiger partial charge on any atom is -0.406 e. The Balaban J connectivity index is 1.84. The zero-order valence-corrected chi connectivity index (χ0v) is 11.3. The predicted molar refractivity (Wildman–Crippen MR) is 74.0 cm³/mol. The molecule has 2 aromatic rings. The lowest BCUT2D eigenvalue weighted by atomic mass is 9.81. The van der Waals surface area contributed by atoms with Crippen LogP contribution in [0.25, 0.3) is 11.2 Å². The van der Waals surface area contributed by atoms with Crippen molar-refractivity contribution in [1.82, 2.24) is 9.55 Å². The Hall–Kier alpha value is -1.58. The number of hydrogen-bond donors (Lipinski definition) is 0. The van der Waals surface area contributed by atoms with E-state index in [1.165, 1.54) is 32.1 Å². The Labute approximate surface area is 112 Å². The van der Waals surface area contributed by atoms with E-state index in [9.17, 15) is 4.79 Å². The Morgan fingerprint density at radius 2 is 2.21 bits per heavy atom. The molecule has 0 N–H and O–H groups in total. The summed E-state index contributed by atoms with van der Waals surface area (Å²) in [6.45, 7) is 2.96. The van der Waals surface area contributed by atoms with Crippen LogP contribution in [-0.2, 0) is 6.54 Å². The van der Waals surface area contributed by atoms with E-state index in [1.807, 2.05) is 0 Å². The van der Waals surface area contributed by atoms with Crippen molar-refractivity contribution in [1.29, 1.82) is 0 Å². The second-order valence-electron chi connectivity index (χ2n) is 5.68. The molecule has 102 valence electrons. The third kappa shape index (κ3) is 2.44. The minimum absolute atomic E-state index is 0.281. The second-order valence-corrected chi connectivity index (χ2v) is 5.68. The van der Waals surface area contributed by atoms with E-state index in [-0.39, 0.29) is 5.76 Å². The molecule has 2 heterocycles. The van der Waals surface area contributed by atoms with E-state index >= 15 is 0 Å². The van der Waals surface area contributed by atoms with Crippen LogP contribution in [0.3, 0.4) is 0 Å². The van der Waals surface area contributed by atoms with Gasteiger partial charge in [0.2, 0.25) is 0 Å². The van der Waals surface area contributed by atoms with Crippen LogP contribution in [0.4, 0.5) is 0 Å². The number of hydrogen-bond acceptors (Lipinski definition) is 3. The highest BCUT2D eigenvalue weighted by Crippen LogP contribution is 2.30. The van der Waals surface area contributed by atoms with E-state index in [0.717, 1.165) is 5.92 Å². The van der Waals surface area contributed by atoms with Crippen LogP contribution in [0, 0.1) is 11.8 Å². The molecule has 0 saturated heterocycles. The van der Waals surface area contributed by atoms with Crippen molar-refractivity contribution in [3.8, 4) is 0 Å². The normalized spacial score (nSPS) is 18.8. The van der Waals surface area contributed by atoms with E-state index in [0.29, 0.717) is 23.7 Å². The lowest BCUT2D eigenvalue weighted by Crippen LogP contribution is -2.25. The maximum atomic E-state index is 11.9. The summed E-state index contributed by atoms with van der Waals surface area (Å²) in [5.74, 6) is 0.950. The van der Waals surface area contributed by atoms with Gasteiger partial charge in [0.25, 0.3) is 0 Å². The van der Waals surface area contributed by atoms with E-state index in [2.05, 4.69) is 11.9 Å². The largest absolute Gasteiger partial charge is 0.421 e. The summed E-state index contributed by atoms with van der Waals surface area (Å²) in [6.07, 6.45) is 8.30. The van der Waals surface area contributed by atoms with Crippen molar-refractivity contribution >= 4 is 11.2 Å². The molecule has 19 heavy (non-hydrogen) atoms. The van der Waals surface area contributed by atoms with Crippen LogP contribution in [0.1, 0.15) is 39.0 Å². The van der Waals surface area contributed by atoms with Crippen LogP contribution in [-0.4, -0.2) is 9.55 Å². The highest BCUT2D eigenvalue weighted by molar-refractivity contribution is 5.67. The fourth-order valence-corrected chi connectivity index (χ4v) is 3.20. The van der Waals surface area contributed by atoms with Crippen LogP contribution in [0.15, 0.2) is 27.5 Å². The van der Waals surface area contributed by atoms with Gasteiger partial charge in [-0.05, 0) is 24.0 Å². The van der Waals surface area contributed by atoms with Crippen molar-refractivity contribution in [3.05, 3.63) is 28.9 Å². The van der Waals surface area contributed by atoms with Crippen molar-refractivity contribution < 1.29 is 4.42 Å². The number of aromatic nitrogens is 2. The van der Waals surface area contributed by atoms with Crippen molar-refractivity contribution in [2.75, 3.05) is 0 Å². The molecular formula is C15H20N2O2. The van der Waals surface area contributed by atoms with Gasteiger partial charge < -0.3 is 4.42 Å². The molecule has 1 saturated carbocycles. The number of pyridine rings is 1. The highest BCUT2D eigenvalue weighted by atomic mass is 16.4. The van der Waals surface area contributed by atoms with Crippen LogP contribution in [0.2, 0.25) is 0 Å². The number of rotatable bonds is 3. The molecule has 4 heteroatoms. The first-order valence-corrected chi connectivity index (χ1v) is 7.20. The summed E-state index contributed by atoms with van der Waals surface area (Å²) in [4.78, 5) is 16.2. The summed E-state index contributed by atoms with van der Waals surface area (Å²) < 4.78 is 6.92. The molecule has 1 aliphatic carbocycles. The molecule has 3 rings (SSSR count). The third-order valence-electron chi connectivity index (χ3n) is 4.35. The van der Waals surface area contributed by atoms with E-state index in [4.69, 9.17) is 4.42 Å². The summed E-state index contributed by atoms with van der Waals surface area (Å²) in [5.41, 5.74) is 1.26. The molecule has 0 aliphatic heterocycles. The third-order valence-corrected chi connectivity index (χ3v) is 4.35. The van der Waals surface area contributed by atoms with Gasteiger partial charge in [-0.2, -0.15) is 0 Å². The smallest absolute Gasteiger partial charge is 0.406 e. The standard InChI is InChI=1S/C15H20N2O2/c1-11(12-6-3-2-4-7-12)10-17-14-13(19-15(17)18)8-5-9-16-14/h5,8-9,11-12H,2-4,6-7,10H2,1H3. The number of oxazole rings is 1. The van der Waals surface area contributed by atoms with Gasteiger partial charge in [0, 0.05) is 12.7 Å². The van der Waals surface area contributed by atoms with Gasteiger partial charge in [-0.15, -0.1) is 0 Å². The summed E-state index contributed by atoms with van der Waals surface area (Å²) >= 11 is 0. The van der Waals surface area contributed by atoms with Gasteiger partial charge in [0.05, 0.1) is 0 Å². The van der Waals surface area contributed by atoms with Crippen LogP contribution in [0.5, 0.6) is 0 Å². The molecule has 0 amide bonds. The van der Waals surface area contributed by atoms with Crippen molar-refractivity contribution in [2.24, 2.45) is 11.8 Å². The van der Waals surface area contributed by atoms with Crippen molar-refractivity contribution in [3.63, 3.8) is 0 Å². The average molecular weight is 260 g/mol. The summed E-state index contributed by atoms with van der Waals surface area (Å²) in [5, 5.41) is 0. The highest BCUT2D eigenvalue weighted by Gasteiger charge is 2.22. The molecule has 0 spiro atoms. The molecule has 1 atom stereocenters. The molecule has 2 aromatic heterocycles. The average Bonchev–Trinajstić information content (AvgIpc) is 2.76. The molecule has 1 unspecified atom stereocenters. The molecule has 0 aromatic carbocycles. The number of nitrogens with zero attached hydrogens (tertiary/aromatic N) is 2. The topological polar surface area (TPSA) is 48.0 Å². The zero-order chi connectivity index (χ0) is 13.2. The van der Waals surface area contributed by atoms with Gasteiger partial charge in [-0.25, -0.2) is 9.78 Å². The fourth-order valence-electron chi connectivity index (χ4n) is 3.20. The first-order chi connectivity index (χ1) is 9.25. The minimum atomic E-state index is -0.281. The maximum Gasteiger partial charge on any atom is 0.421 e.